The molecule has 0 aromatic carbocycles. The van der Waals surface area contributed by atoms with Crippen molar-refractivity contribution in [2.24, 2.45) is 0 Å². The molecule has 3 aromatic rings. The number of halogens is 3. The van der Waals surface area contributed by atoms with Crippen molar-refractivity contribution < 1.29 is 13.2 Å². The van der Waals surface area contributed by atoms with Crippen LogP contribution >= 0.6 is 0 Å². The maximum Gasteiger partial charge on any atom is 0.433 e. The van der Waals surface area contributed by atoms with Crippen LogP contribution in [0.4, 0.5) is 19.1 Å². The van der Waals surface area contributed by atoms with E-state index < -0.39 is 17.9 Å². The van der Waals surface area contributed by atoms with Gasteiger partial charge in [-0.1, -0.05) is 0 Å². The van der Waals surface area contributed by atoms with Crippen molar-refractivity contribution in [3.05, 3.63) is 54.2 Å². The molecule has 3 rings (SSSR count). The normalized spacial score (nSPS) is 13.0. The predicted octanol–water partition coefficient (Wildman–Crippen LogP) is 2.95. The van der Waals surface area contributed by atoms with Gasteiger partial charge in [-0.3, -0.25) is 9.67 Å². The molecule has 0 fully saturated rings. The van der Waals surface area contributed by atoms with Crippen LogP contribution < -0.4 is 5.73 Å². The Hall–Kier alpha value is -2.97. The fraction of sp³-hybridized carbons (Fsp3) is 0.200. The molecule has 24 heavy (non-hydrogen) atoms. The summed E-state index contributed by atoms with van der Waals surface area (Å²) >= 11 is 0. The highest BCUT2D eigenvalue weighted by atomic mass is 19.4. The molecule has 0 saturated carbocycles. The second-order valence-electron chi connectivity index (χ2n) is 5.14. The van der Waals surface area contributed by atoms with Crippen LogP contribution in [0.5, 0.6) is 0 Å². The molecule has 0 amide bonds. The second kappa shape index (κ2) is 5.91. The molecule has 6 nitrogen and oxygen atoms in total. The first-order chi connectivity index (χ1) is 11.4. The Bertz CT molecular complexity index is 827. The number of nitrogen functional groups attached to an aromatic ring is 1. The van der Waals surface area contributed by atoms with Crippen LogP contribution in [-0.4, -0.2) is 24.7 Å². The van der Waals surface area contributed by atoms with Crippen LogP contribution in [0.25, 0.3) is 11.3 Å². The molecule has 124 valence electrons. The topological polar surface area (TPSA) is 82.5 Å². The Labute approximate surface area is 135 Å². The van der Waals surface area contributed by atoms with E-state index >= 15 is 0 Å². The van der Waals surface area contributed by atoms with E-state index in [-0.39, 0.29) is 11.6 Å². The van der Waals surface area contributed by atoms with Crippen LogP contribution in [0.15, 0.2) is 43.0 Å². The lowest BCUT2D eigenvalue weighted by molar-refractivity contribution is -0.144. The second-order valence-corrected chi connectivity index (χ2v) is 5.14. The molecule has 1 unspecified atom stereocenters. The van der Waals surface area contributed by atoms with Crippen LogP contribution in [0.1, 0.15) is 24.2 Å². The van der Waals surface area contributed by atoms with Crippen LogP contribution in [-0.2, 0) is 6.18 Å². The summed E-state index contributed by atoms with van der Waals surface area (Å²) in [7, 11) is 0. The number of hydrogen-bond acceptors (Lipinski definition) is 5. The minimum atomic E-state index is -4.54. The minimum Gasteiger partial charge on any atom is -0.368 e. The van der Waals surface area contributed by atoms with Gasteiger partial charge in [0.05, 0.1) is 11.7 Å². The summed E-state index contributed by atoms with van der Waals surface area (Å²) in [6.07, 6.45) is 1.19. The lowest BCUT2D eigenvalue weighted by Gasteiger charge is -2.17. The molecule has 2 N–H and O–H groups in total. The van der Waals surface area contributed by atoms with Crippen molar-refractivity contribution in [3.63, 3.8) is 0 Å². The standard InChI is InChI=1S/C15H13F3N6/c1-9(10-2-4-20-5-3-10)24-13(15(16,17)18)6-12(23-24)11-7-21-14(19)22-8-11/h2-9H,1H3,(H2,19,21,22). The molecule has 1 atom stereocenters. The Morgan fingerprint density at radius 3 is 2.33 bits per heavy atom. The average molecular weight is 334 g/mol. The van der Waals surface area contributed by atoms with Gasteiger partial charge in [-0.2, -0.15) is 18.3 Å². The molecule has 0 aliphatic rings. The summed E-state index contributed by atoms with van der Waals surface area (Å²) in [6, 6.07) is 3.66. The first kappa shape index (κ1) is 15.9. The Kier molecular flexibility index (Phi) is 3.92. The summed E-state index contributed by atoms with van der Waals surface area (Å²) in [5.74, 6) is 0.0411. The molecule has 9 heteroatoms. The molecule has 0 spiro atoms. The molecule has 0 radical (unpaired) electrons. The first-order valence-electron chi connectivity index (χ1n) is 7.01. The van der Waals surface area contributed by atoms with E-state index in [9.17, 15) is 13.2 Å². The van der Waals surface area contributed by atoms with Crippen molar-refractivity contribution in [2.45, 2.75) is 19.1 Å². The van der Waals surface area contributed by atoms with Gasteiger partial charge in [0.2, 0.25) is 5.95 Å². The van der Waals surface area contributed by atoms with Crippen LogP contribution in [0, 0.1) is 0 Å². The molecule has 0 bridgehead atoms. The SMILES string of the molecule is CC(c1ccncc1)n1nc(-c2cnc(N)nc2)cc1C(F)(F)F. The zero-order valence-electron chi connectivity index (χ0n) is 12.6. The summed E-state index contributed by atoms with van der Waals surface area (Å²) < 4.78 is 41.1. The number of anilines is 1. The number of pyridine rings is 1. The Morgan fingerprint density at radius 1 is 1.12 bits per heavy atom. The van der Waals surface area contributed by atoms with E-state index in [0.29, 0.717) is 11.1 Å². The number of hydrogen-bond donors (Lipinski definition) is 1. The third-order valence-corrected chi connectivity index (χ3v) is 3.55. The van der Waals surface area contributed by atoms with E-state index in [4.69, 9.17) is 5.73 Å². The Balaban J connectivity index is 2.09. The molecule has 3 aromatic heterocycles. The summed E-state index contributed by atoms with van der Waals surface area (Å²) in [6.45, 7) is 1.64. The molecule has 0 saturated heterocycles. The van der Waals surface area contributed by atoms with Crippen LogP contribution in [0.3, 0.4) is 0 Å². The number of aromatic nitrogens is 5. The van der Waals surface area contributed by atoms with E-state index in [1.165, 1.54) is 24.8 Å². The maximum atomic E-state index is 13.4. The lowest BCUT2D eigenvalue weighted by Crippen LogP contribution is -2.18. The van der Waals surface area contributed by atoms with Gasteiger partial charge in [0.1, 0.15) is 5.69 Å². The zero-order valence-corrected chi connectivity index (χ0v) is 12.6. The Morgan fingerprint density at radius 2 is 1.75 bits per heavy atom. The van der Waals surface area contributed by atoms with E-state index in [2.05, 4.69) is 20.1 Å². The van der Waals surface area contributed by atoms with Crippen molar-refractivity contribution in [3.8, 4) is 11.3 Å². The zero-order chi connectivity index (χ0) is 17.3. The van der Waals surface area contributed by atoms with Gasteiger partial charge in [0.15, 0.2) is 0 Å². The maximum absolute atomic E-state index is 13.4. The third-order valence-electron chi connectivity index (χ3n) is 3.55. The molecule has 0 aliphatic carbocycles. The van der Waals surface area contributed by atoms with Crippen molar-refractivity contribution in [2.75, 3.05) is 5.73 Å². The van der Waals surface area contributed by atoms with Gasteiger partial charge in [-0.25, -0.2) is 9.97 Å². The van der Waals surface area contributed by atoms with Gasteiger partial charge >= 0.3 is 6.18 Å². The average Bonchev–Trinajstić information content (AvgIpc) is 3.01. The van der Waals surface area contributed by atoms with E-state index in [1.54, 1.807) is 19.1 Å². The highest BCUT2D eigenvalue weighted by molar-refractivity contribution is 5.58. The fourth-order valence-electron chi connectivity index (χ4n) is 2.30. The van der Waals surface area contributed by atoms with E-state index in [1.807, 2.05) is 0 Å². The van der Waals surface area contributed by atoms with Gasteiger partial charge in [-0.15, -0.1) is 0 Å². The largest absolute Gasteiger partial charge is 0.433 e. The minimum absolute atomic E-state index is 0.0411. The van der Waals surface area contributed by atoms with Crippen molar-refractivity contribution in [1.82, 2.24) is 24.7 Å². The van der Waals surface area contributed by atoms with Gasteiger partial charge in [0.25, 0.3) is 0 Å². The highest BCUT2D eigenvalue weighted by Gasteiger charge is 2.37. The van der Waals surface area contributed by atoms with E-state index in [0.717, 1.165) is 10.7 Å². The summed E-state index contributed by atoms with van der Waals surface area (Å²) in [4.78, 5) is 11.4. The first-order valence-corrected chi connectivity index (χ1v) is 7.01. The van der Waals surface area contributed by atoms with Crippen LogP contribution in [0.2, 0.25) is 0 Å². The smallest absolute Gasteiger partial charge is 0.368 e. The monoisotopic (exact) mass is 334 g/mol. The molecule has 0 aliphatic heterocycles. The molecular formula is C15H13F3N6. The fourth-order valence-corrected chi connectivity index (χ4v) is 2.30. The number of alkyl halides is 3. The van der Waals surface area contributed by atoms with Gasteiger partial charge in [0, 0.05) is 30.4 Å². The predicted molar refractivity (Wildman–Crippen MR) is 80.7 cm³/mol. The molecular weight excluding hydrogens is 321 g/mol. The summed E-state index contributed by atoms with van der Waals surface area (Å²) in [5, 5.41) is 4.11. The quantitative estimate of drug-likeness (QED) is 0.796. The highest BCUT2D eigenvalue weighted by Crippen LogP contribution is 2.35. The molecule has 3 heterocycles. The number of nitrogens with two attached hydrogens (primary N) is 1. The number of nitrogens with zero attached hydrogens (tertiary/aromatic N) is 5. The number of rotatable bonds is 3. The van der Waals surface area contributed by atoms with Gasteiger partial charge in [-0.05, 0) is 30.7 Å². The third kappa shape index (κ3) is 3.05. The summed E-state index contributed by atoms with van der Waals surface area (Å²) in [5.41, 5.74) is 5.70. The van der Waals surface area contributed by atoms with Gasteiger partial charge < -0.3 is 5.73 Å². The van der Waals surface area contributed by atoms with Crippen molar-refractivity contribution >= 4 is 5.95 Å². The van der Waals surface area contributed by atoms with Crippen molar-refractivity contribution in [1.29, 1.82) is 0 Å². The lowest BCUT2D eigenvalue weighted by atomic mass is 10.1.